The molecule has 0 bridgehead atoms. The molecule has 0 radical (unpaired) electrons. The van der Waals surface area contributed by atoms with Gasteiger partial charge in [-0.1, -0.05) is 64.8 Å². The van der Waals surface area contributed by atoms with Gasteiger partial charge in [0.05, 0.1) is 16.6 Å². The van der Waals surface area contributed by atoms with Crippen molar-refractivity contribution in [3.8, 4) is 0 Å². The van der Waals surface area contributed by atoms with E-state index in [4.69, 9.17) is 0 Å². The Labute approximate surface area is 216 Å². The van der Waals surface area contributed by atoms with Gasteiger partial charge in [-0.15, -0.1) is 0 Å². The van der Waals surface area contributed by atoms with Gasteiger partial charge in [0.25, 0.3) is 10.0 Å². The summed E-state index contributed by atoms with van der Waals surface area (Å²) in [5.74, 6) is -0.342. The van der Waals surface area contributed by atoms with Crippen LogP contribution < -0.4 is 9.62 Å². The van der Waals surface area contributed by atoms with E-state index in [1.165, 1.54) is 28.3 Å². The molecule has 1 aliphatic rings. The van der Waals surface area contributed by atoms with Crippen LogP contribution in [0.3, 0.4) is 0 Å². The molecule has 0 spiro atoms. The average Bonchev–Trinajstić information content (AvgIpc) is 2.85. The fraction of sp³-hybridized carbons (Fsp3) is 0.321. The first-order valence-corrected chi connectivity index (χ1v) is 14.3. The maximum Gasteiger partial charge on any atom is 0.264 e. The number of carbonyl (C=O) groups is 1. The molecule has 7 heteroatoms. The molecule has 0 aliphatic heterocycles. The summed E-state index contributed by atoms with van der Waals surface area (Å²) in [7, 11) is -3.95. The third-order valence-corrected chi connectivity index (χ3v) is 8.79. The first-order chi connectivity index (χ1) is 16.8. The predicted molar refractivity (Wildman–Crippen MR) is 144 cm³/mol. The van der Waals surface area contributed by atoms with Crippen molar-refractivity contribution in [1.82, 2.24) is 5.32 Å². The maximum atomic E-state index is 13.6. The standard InChI is InChI=1S/C28H31BrN2O3S/c1-3-27(23-14-13-21-7-4-5-8-22(21)17-23)30-28(32)19-31(25-10-6-9-24(29)18-25)35(33,34)26-15-11-20(2)12-16-26/h6,9-18,27H,3-5,7-8,19H2,1-2H3,(H,30,32)/t27-/m0/s1. The third kappa shape index (κ3) is 5.96. The number of nitrogens with one attached hydrogen (secondary N) is 1. The highest BCUT2D eigenvalue weighted by atomic mass is 79.9. The van der Waals surface area contributed by atoms with Gasteiger partial charge < -0.3 is 5.32 Å². The molecule has 0 fully saturated rings. The Kier molecular flexibility index (Phi) is 7.97. The molecule has 4 rings (SSSR count). The number of hydrogen-bond donors (Lipinski definition) is 1. The van der Waals surface area contributed by atoms with Crippen molar-refractivity contribution in [2.45, 2.75) is 56.9 Å². The van der Waals surface area contributed by atoms with E-state index < -0.39 is 10.0 Å². The first kappa shape index (κ1) is 25.5. The lowest BCUT2D eigenvalue weighted by atomic mass is 9.89. The number of sulfonamides is 1. The van der Waals surface area contributed by atoms with Crippen molar-refractivity contribution in [1.29, 1.82) is 0 Å². The number of anilines is 1. The van der Waals surface area contributed by atoms with E-state index in [0.29, 0.717) is 12.1 Å². The van der Waals surface area contributed by atoms with Crippen LogP contribution in [0.2, 0.25) is 0 Å². The van der Waals surface area contributed by atoms with E-state index in [2.05, 4.69) is 39.4 Å². The van der Waals surface area contributed by atoms with Gasteiger partial charge in [0.15, 0.2) is 0 Å². The van der Waals surface area contributed by atoms with Crippen molar-refractivity contribution < 1.29 is 13.2 Å². The Morgan fingerprint density at radius 1 is 1.00 bits per heavy atom. The smallest absolute Gasteiger partial charge is 0.264 e. The number of nitrogens with zero attached hydrogens (tertiary/aromatic N) is 1. The molecule has 184 valence electrons. The highest BCUT2D eigenvalue weighted by molar-refractivity contribution is 9.10. The lowest BCUT2D eigenvalue weighted by Crippen LogP contribution is -2.42. The zero-order valence-corrected chi connectivity index (χ0v) is 22.5. The molecule has 3 aromatic carbocycles. The zero-order valence-electron chi connectivity index (χ0n) is 20.1. The third-order valence-electron chi connectivity index (χ3n) is 6.51. The molecule has 0 saturated heterocycles. The van der Waals surface area contributed by atoms with Gasteiger partial charge in [-0.25, -0.2) is 8.42 Å². The van der Waals surface area contributed by atoms with Crippen LogP contribution in [-0.4, -0.2) is 20.9 Å². The minimum absolute atomic E-state index is 0.151. The monoisotopic (exact) mass is 554 g/mol. The lowest BCUT2D eigenvalue weighted by molar-refractivity contribution is -0.120. The highest BCUT2D eigenvalue weighted by Crippen LogP contribution is 2.28. The number of rotatable bonds is 8. The number of hydrogen-bond acceptors (Lipinski definition) is 3. The second kappa shape index (κ2) is 11.0. The van der Waals surface area contributed by atoms with Crippen LogP contribution >= 0.6 is 15.9 Å². The number of benzene rings is 3. The molecule has 0 aromatic heterocycles. The fourth-order valence-electron chi connectivity index (χ4n) is 4.55. The molecule has 0 unspecified atom stereocenters. The van der Waals surface area contributed by atoms with E-state index in [1.54, 1.807) is 42.5 Å². The molecular weight excluding hydrogens is 524 g/mol. The fourth-order valence-corrected chi connectivity index (χ4v) is 6.35. The van der Waals surface area contributed by atoms with Crippen LogP contribution in [0.1, 0.15) is 54.5 Å². The maximum absolute atomic E-state index is 13.6. The van der Waals surface area contributed by atoms with Gasteiger partial charge >= 0.3 is 0 Å². The summed E-state index contributed by atoms with van der Waals surface area (Å²) in [6.45, 7) is 3.62. The van der Waals surface area contributed by atoms with Crippen molar-refractivity contribution in [2.75, 3.05) is 10.8 Å². The molecule has 0 saturated carbocycles. The average molecular weight is 556 g/mol. The largest absolute Gasteiger partial charge is 0.348 e. The van der Waals surface area contributed by atoms with Crippen molar-refractivity contribution >= 4 is 37.5 Å². The van der Waals surface area contributed by atoms with Crippen LogP contribution in [0.15, 0.2) is 76.1 Å². The van der Waals surface area contributed by atoms with Crippen LogP contribution in [0.25, 0.3) is 0 Å². The Morgan fingerprint density at radius 3 is 2.40 bits per heavy atom. The number of halogens is 1. The number of amides is 1. The van der Waals surface area contributed by atoms with Gasteiger partial charge in [-0.3, -0.25) is 9.10 Å². The van der Waals surface area contributed by atoms with Gasteiger partial charge in [0.1, 0.15) is 6.54 Å². The molecule has 0 heterocycles. The Bertz CT molecular complexity index is 1310. The minimum atomic E-state index is -3.95. The molecular formula is C28H31BrN2O3S. The van der Waals surface area contributed by atoms with E-state index in [9.17, 15) is 13.2 Å². The SMILES string of the molecule is CC[C@H](NC(=O)CN(c1cccc(Br)c1)S(=O)(=O)c1ccc(C)cc1)c1ccc2c(c1)CCCC2. The van der Waals surface area contributed by atoms with E-state index >= 15 is 0 Å². The number of carbonyl (C=O) groups excluding carboxylic acids is 1. The molecule has 35 heavy (non-hydrogen) atoms. The summed E-state index contributed by atoms with van der Waals surface area (Å²) in [4.78, 5) is 13.4. The minimum Gasteiger partial charge on any atom is -0.348 e. The summed E-state index contributed by atoms with van der Waals surface area (Å²) >= 11 is 3.42. The second-order valence-corrected chi connectivity index (χ2v) is 11.8. The first-order valence-electron chi connectivity index (χ1n) is 12.0. The van der Waals surface area contributed by atoms with Crippen molar-refractivity contribution in [2.24, 2.45) is 0 Å². The molecule has 3 aromatic rings. The Hall–Kier alpha value is -2.64. The summed E-state index contributed by atoms with van der Waals surface area (Å²) in [5.41, 5.74) is 5.21. The summed E-state index contributed by atoms with van der Waals surface area (Å²) < 4.78 is 29.1. The van der Waals surface area contributed by atoms with Gasteiger partial charge in [0.2, 0.25) is 5.91 Å². The number of aryl methyl sites for hydroxylation is 3. The molecule has 1 atom stereocenters. The molecule has 1 aliphatic carbocycles. The van der Waals surface area contributed by atoms with Crippen LogP contribution in [-0.2, 0) is 27.7 Å². The van der Waals surface area contributed by atoms with Crippen molar-refractivity contribution in [3.05, 3.63) is 93.5 Å². The van der Waals surface area contributed by atoms with Crippen LogP contribution in [0.5, 0.6) is 0 Å². The second-order valence-electron chi connectivity index (χ2n) is 9.07. The van der Waals surface area contributed by atoms with Gasteiger partial charge in [-0.2, -0.15) is 0 Å². The van der Waals surface area contributed by atoms with Crippen LogP contribution in [0.4, 0.5) is 5.69 Å². The summed E-state index contributed by atoms with van der Waals surface area (Å²) in [5, 5.41) is 3.08. The molecule has 1 N–H and O–H groups in total. The van der Waals surface area contributed by atoms with Gasteiger partial charge in [0, 0.05) is 4.47 Å². The predicted octanol–water partition coefficient (Wildman–Crippen LogP) is 6.10. The van der Waals surface area contributed by atoms with E-state index in [-0.39, 0.29) is 23.4 Å². The zero-order chi connectivity index (χ0) is 25.0. The number of fused-ring (bicyclic) bond motifs is 1. The quantitative estimate of drug-likeness (QED) is 0.365. The Morgan fingerprint density at radius 2 is 1.71 bits per heavy atom. The summed E-state index contributed by atoms with van der Waals surface area (Å²) in [6.07, 6.45) is 5.31. The summed E-state index contributed by atoms with van der Waals surface area (Å²) in [6, 6.07) is 20.0. The molecule has 5 nitrogen and oxygen atoms in total. The van der Waals surface area contributed by atoms with E-state index in [1.807, 2.05) is 19.9 Å². The normalized spacial score (nSPS) is 14.1. The lowest BCUT2D eigenvalue weighted by Gasteiger charge is -2.26. The van der Waals surface area contributed by atoms with Crippen molar-refractivity contribution in [3.63, 3.8) is 0 Å². The molecule has 1 amide bonds. The highest BCUT2D eigenvalue weighted by Gasteiger charge is 2.28. The van der Waals surface area contributed by atoms with Gasteiger partial charge in [-0.05, 0) is 86.1 Å². The van der Waals surface area contributed by atoms with E-state index in [0.717, 1.165) is 28.4 Å². The topological polar surface area (TPSA) is 66.5 Å². The Balaban J connectivity index is 1.60. The van der Waals surface area contributed by atoms with Crippen LogP contribution in [0, 0.1) is 6.92 Å².